The van der Waals surface area contributed by atoms with E-state index in [1.54, 1.807) is 18.2 Å². The van der Waals surface area contributed by atoms with Crippen molar-refractivity contribution in [2.24, 2.45) is 0 Å². The lowest BCUT2D eigenvalue weighted by molar-refractivity contribution is 0.0653. The number of ketones is 1. The van der Waals surface area contributed by atoms with Gasteiger partial charge in [-0.25, -0.2) is 0 Å². The SMILES string of the molecule is COc1cc(C(C)=O)ccc1OC[C@H](O)CN1CCN(c2ccccc2)CC1. The molecule has 2 aromatic carbocycles. The third-order valence-corrected chi connectivity index (χ3v) is 4.96. The monoisotopic (exact) mass is 384 g/mol. The van der Waals surface area contributed by atoms with E-state index >= 15 is 0 Å². The predicted octanol–water partition coefficient (Wildman–Crippen LogP) is 2.46. The lowest BCUT2D eigenvalue weighted by Crippen LogP contribution is -2.49. The minimum Gasteiger partial charge on any atom is -0.493 e. The van der Waals surface area contributed by atoms with Crippen molar-refractivity contribution in [3.05, 3.63) is 54.1 Å². The number of Topliss-reactive ketones (excluding diaryl/α,β-unsaturated/α-hetero) is 1. The van der Waals surface area contributed by atoms with Gasteiger partial charge in [0.25, 0.3) is 0 Å². The number of carbonyl (C=O) groups is 1. The van der Waals surface area contributed by atoms with E-state index in [4.69, 9.17) is 9.47 Å². The van der Waals surface area contributed by atoms with E-state index in [-0.39, 0.29) is 12.4 Å². The summed E-state index contributed by atoms with van der Waals surface area (Å²) in [4.78, 5) is 16.1. The number of anilines is 1. The minimum atomic E-state index is -0.597. The molecule has 3 rings (SSSR count). The van der Waals surface area contributed by atoms with Gasteiger partial charge in [-0.05, 0) is 37.3 Å². The summed E-state index contributed by atoms with van der Waals surface area (Å²) in [6.45, 7) is 5.95. The second kappa shape index (κ2) is 9.57. The van der Waals surface area contributed by atoms with Crippen molar-refractivity contribution in [1.82, 2.24) is 4.90 Å². The van der Waals surface area contributed by atoms with Crippen molar-refractivity contribution in [3.8, 4) is 11.5 Å². The molecule has 1 aliphatic heterocycles. The van der Waals surface area contributed by atoms with E-state index in [0.29, 0.717) is 23.6 Å². The topological polar surface area (TPSA) is 62.2 Å². The van der Waals surface area contributed by atoms with Gasteiger partial charge in [-0.15, -0.1) is 0 Å². The molecular weight excluding hydrogens is 356 g/mol. The van der Waals surface area contributed by atoms with E-state index in [2.05, 4.69) is 34.1 Å². The van der Waals surface area contributed by atoms with Crippen LogP contribution in [0.25, 0.3) is 0 Å². The number of carbonyl (C=O) groups excluding carboxylic acids is 1. The number of β-amino-alcohol motifs (C(OH)–C–C–N with tert-alkyl or cyclic N) is 1. The minimum absolute atomic E-state index is 0.0282. The number of aliphatic hydroxyl groups is 1. The van der Waals surface area contributed by atoms with E-state index in [9.17, 15) is 9.90 Å². The summed E-state index contributed by atoms with van der Waals surface area (Å²) < 4.78 is 11.0. The van der Waals surface area contributed by atoms with Gasteiger partial charge >= 0.3 is 0 Å². The van der Waals surface area contributed by atoms with Gasteiger partial charge in [0.05, 0.1) is 7.11 Å². The van der Waals surface area contributed by atoms with Crippen LogP contribution >= 0.6 is 0 Å². The lowest BCUT2D eigenvalue weighted by Gasteiger charge is -2.36. The van der Waals surface area contributed by atoms with Gasteiger partial charge in [0.15, 0.2) is 17.3 Å². The van der Waals surface area contributed by atoms with Crippen molar-refractivity contribution >= 4 is 11.5 Å². The summed E-state index contributed by atoms with van der Waals surface area (Å²) in [6, 6.07) is 15.5. The number of hydrogen-bond donors (Lipinski definition) is 1. The Balaban J connectivity index is 1.46. The molecule has 1 fully saturated rings. The van der Waals surface area contributed by atoms with Gasteiger partial charge in [-0.3, -0.25) is 9.69 Å². The highest BCUT2D eigenvalue weighted by atomic mass is 16.5. The van der Waals surface area contributed by atoms with Crippen molar-refractivity contribution in [1.29, 1.82) is 0 Å². The van der Waals surface area contributed by atoms with Crippen LogP contribution in [0.2, 0.25) is 0 Å². The Kier molecular flexibility index (Phi) is 6.90. The number of methoxy groups -OCH3 is 1. The summed E-state index contributed by atoms with van der Waals surface area (Å²) in [5.41, 5.74) is 1.81. The molecule has 0 amide bonds. The fourth-order valence-corrected chi connectivity index (χ4v) is 3.37. The van der Waals surface area contributed by atoms with E-state index in [1.165, 1.54) is 19.7 Å². The molecule has 0 radical (unpaired) electrons. The predicted molar refractivity (Wildman–Crippen MR) is 110 cm³/mol. The molecule has 1 aliphatic rings. The maximum Gasteiger partial charge on any atom is 0.161 e. The Morgan fingerprint density at radius 2 is 1.79 bits per heavy atom. The number of piperazine rings is 1. The highest BCUT2D eigenvalue weighted by molar-refractivity contribution is 5.94. The average molecular weight is 384 g/mol. The zero-order chi connectivity index (χ0) is 19.9. The normalized spacial score (nSPS) is 15.9. The highest BCUT2D eigenvalue weighted by Crippen LogP contribution is 2.28. The fraction of sp³-hybridized carbons (Fsp3) is 0.409. The van der Waals surface area contributed by atoms with Gasteiger partial charge < -0.3 is 19.5 Å². The van der Waals surface area contributed by atoms with Gasteiger partial charge in [0.2, 0.25) is 0 Å². The molecule has 6 nitrogen and oxygen atoms in total. The molecule has 0 saturated carbocycles. The highest BCUT2D eigenvalue weighted by Gasteiger charge is 2.20. The zero-order valence-electron chi connectivity index (χ0n) is 16.5. The molecule has 0 unspecified atom stereocenters. The van der Waals surface area contributed by atoms with E-state index in [1.807, 2.05) is 6.07 Å². The first-order valence-electron chi connectivity index (χ1n) is 9.59. The van der Waals surface area contributed by atoms with Crippen LogP contribution in [0, 0.1) is 0 Å². The molecule has 0 bridgehead atoms. The Labute approximate surface area is 166 Å². The fourth-order valence-electron chi connectivity index (χ4n) is 3.37. The first kappa shape index (κ1) is 20.2. The molecule has 0 aromatic heterocycles. The standard InChI is InChI=1S/C22H28N2O4/c1-17(25)18-8-9-21(22(14-18)27-2)28-16-20(26)15-23-10-12-24(13-11-23)19-6-4-3-5-7-19/h3-9,14,20,26H,10-13,15-16H2,1-2H3/t20-/m1/s1. The van der Waals surface area contributed by atoms with Crippen LogP contribution in [0.1, 0.15) is 17.3 Å². The van der Waals surface area contributed by atoms with Crippen LogP contribution < -0.4 is 14.4 Å². The van der Waals surface area contributed by atoms with Crippen molar-refractivity contribution in [2.45, 2.75) is 13.0 Å². The second-order valence-electron chi connectivity index (χ2n) is 7.01. The summed E-state index contributed by atoms with van der Waals surface area (Å²) in [6.07, 6.45) is -0.597. The molecule has 1 N–H and O–H groups in total. The number of aliphatic hydroxyl groups excluding tert-OH is 1. The maximum atomic E-state index is 11.5. The quantitative estimate of drug-likeness (QED) is 0.706. The number of para-hydroxylation sites is 1. The second-order valence-corrected chi connectivity index (χ2v) is 7.01. The zero-order valence-corrected chi connectivity index (χ0v) is 16.5. The summed E-state index contributed by atoms with van der Waals surface area (Å²) >= 11 is 0. The van der Waals surface area contributed by atoms with E-state index in [0.717, 1.165) is 26.2 Å². The molecule has 28 heavy (non-hydrogen) atoms. The van der Waals surface area contributed by atoms with Crippen molar-refractivity contribution < 1.29 is 19.4 Å². The largest absolute Gasteiger partial charge is 0.493 e. The third kappa shape index (κ3) is 5.24. The average Bonchev–Trinajstić information content (AvgIpc) is 2.73. The van der Waals surface area contributed by atoms with Gasteiger partial charge in [-0.1, -0.05) is 18.2 Å². The summed E-state index contributed by atoms with van der Waals surface area (Å²) in [7, 11) is 1.54. The number of hydrogen-bond acceptors (Lipinski definition) is 6. The first-order chi connectivity index (χ1) is 13.6. The number of nitrogens with zero attached hydrogens (tertiary/aromatic N) is 2. The van der Waals surface area contributed by atoms with Crippen LogP contribution in [-0.4, -0.2) is 68.3 Å². The first-order valence-corrected chi connectivity index (χ1v) is 9.59. The summed E-state index contributed by atoms with van der Waals surface area (Å²) in [5.74, 6) is 0.997. The molecule has 1 saturated heterocycles. The van der Waals surface area contributed by atoms with E-state index < -0.39 is 6.10 Å². The Bertz CT molecular complexity index is 773. The lowest BCUT2D eigenvalue weighted by atomic mass is 10.1. The van der Waals surface area contributed by atoms with Gasteiger partial charge in [0.1, 0.15) is 12.7 Å². The molecular formula is C22H28N2O4. The van der Waals surface area contributed by atoms with Crippen LogP contribution in [0.5, 0.6) is 11.5 Å². The smallest absolute Gasteiger partial charge is 0.161 e. The van der Waals surface area contributed by atoms with Crippen LogP contribution in [0.3, 0.4) is 0 Å². The summed E-state index contributed by atoms with van der Waals surface area (Å²) in [5, 5.41) is 10.4. The molecule has 2 aromatic rings. The number of benzene rings is 2. The van der Waals surface area contributed by atoms with Gasteiger partial charge in [0, 0.05) is 44.0 Å². The molecule has 1 heterocycles. The van der Waals surface area contributed by atoms with Crippen molar-refractivity contribution in [3.63, 3.8) is 0 Å². The third-order valence-electron chi connectivity index (χ3n) is 4.96. The Hall–Kier alpha value is -2.57. The Morgan fingerprint density at radius 3 is 2.43 bits per heavy atom. The Morgan fingerprint density at radius 1 is 1.07 bits per heavy atom. The molecule has 6 heteroatoms. The number of rotatable bonds is 8. The van der Waals surface area contributed by atoms with Crippen molar-refractivity contribution in [2.75, 3.05) is 51.3 Å². The maximum absolute atomic E-state index is 11.5. The molecule has 0 spiro atoms. The van der Waals surface area contributed by atoms with Crippen LogP contribution in [0.4, 0.5) is 5.69 Å². The molecule has 150 valence electrons. The van der Waals surface area contributed by atoms with Crippen LogP contribution in [0.15, 0.2) is 48.5 Å². The number of ether oxygens (including phenoxy) is 2. The van der Waals surface area contributed by atoms with Crippen LogP contribution in [-0.2, 0) is 0 Å². The van der Waals surface area contributed by atoms with Gasteiger partial charge in [-0.2, -0.15) is 0 Å². The molecule has 0 aliphatic carbocycles. The molecule has 1 atom stereocenters.